The van der Waals surface area contributed by atoms with Gasteiger partial charge in [0.05, 0.1) is 11.6 Å². The Morgan fingerprint density at radius 2 is 1.80 bits per heavy atom. The van der Waals surface area contributed by atoms with Crippen LogP contribution in [0.15, 0.2) is 24.3 Å². The molecule has 25 heavy (non-hydrogen) atoms. The van der Waals surface area contributed by atoms with Crippen molar-refractivity contribution in [2.24, 2.45) is 5.92 Å². The van der Waals surface area contributed by atoms with E-state index in [0.717, 1.165) is 38.5 Å². The average molecular weight is 368 g/mol. The Labute approximate surface area is 156 Å². The first kappa shape index (κ1) is 20.0. The minimum atomic E-state index is 0.122. The Balaban J connectivity index is 1.63. The molecular formula is C19H30ClN3O2. The van der Waals surface area contributed by atoms with Crippen LogP contribution in [0.2, 0.25) is 5.02 Å². The van der Waals surface area contributed by atoms with E-state index in [1.807, 2.05) is 24.3 Å². The zero-order valence-corrected chi connectivity index (χ0v) is 16.3. The summed E-state index contributed by atoms with van der Waals surface area (Å²) in [5.74, 6) is 1.31. The van der Waals surface area contributed by atoms with Gasteiger partial charge in [-0.05, 0) is 25.0 Å². The molecule has 1 aromatic carbocycles. The maximum Gasteiger partial charge on any atom is 0.234 e. The SMILES string of the molecule is CC(C)C(C)NC(=O)CN1CCN(CCOc2ccccc2Cl)CC1. The molecular weight excluding hydrogens is 338 g/mol. The lowest BCUT2D eigenvalue weighted by Crippen LogP contribution is -2.51. The number of carbonyl (C=O) groups is 1. The normalized spacial score (nSPS) is 17.5. The molecule has 0 radical (unpaired) electrons. The van der Waals surface area contributed by atoms with Crippen LogP contribution in [0.3, 0.4) is 0 Å². The second-order valence-electron chi connectivity index (χ2n) is 7.00. The van der Waals surface area contributed by atoms with Crippen LogP contribution < -0.4 is 10.1 Å². The van der Waals surface area contributed by atoms with E-state index in [1.165, 1.54) is 0 Å². The molecule has 6 heteroatoms. The van der Waals surface area contributed by atoms with E-state index >= 15 is 0 Å². The molecule has 1 atom stereocenters. The predicted molar refractivity (Wildman–Crippen MR) is 102 cm³/mol. The lowest BCUT2D eigenvalue weighted by atomic mass is 10.1. The van der Waals surface area contributed by atoms with E-state index in [-0.39, 0.29) is 11.9 Å². The highest BCUT2D eigenvalue weighted by atomic mass is 35.5. The molecule has 1 fully saturated rings. The molecule has 0 saturated carbocycles. The molecule has 5 nitrogen and oxygen atoms in total. The van der Waals surface area contributed by atoms with E-state index in [2.05, 4.69) is 35.9 Å². The third kappa shape index (κ3) is 6.84. The molecule has 1 amide bonds. The van der Waals surface area contributed by atoms with Crippen LogP contribution in [0.4, 0.5) is 0 Å². The van der Waals surface area contributed by atoms with Crippen LogP contribution in [0.1, 0.15) is 20.8 Å². The largest absolute Gasteiger partial charge is 0.491 e. The number of carbonyl (C=O) groups excluding carboxylic acids is 1. The van der Waals surface area contributed by atoms with Crippen LogP contribution in [-0.2, 0) is 4.79 Å². The van der Waals surface area contributed by atoms with Gasteiger partial charge in [0.1, 0.15) is 12.4 Å². The Bertz CT molecular complexity index is 545. The van der Waals surface area contributed by atoms with Crippen LogP contribution in [0, 0.1) is 5.92 Å². The molecule has 1 N–H and O–H groups in total. The molecule has 1 unspecified atom stereocenters. The summed E-state index contributed by atoms with van der Waals surface area (Å²) in [7, 11) is 0. The zero-order valence-electron chi connectivity index (χ0n) is 15.5. The molecule has 1 aliphatic rings. The average Bonchev–Trinajstić information content (AvgIpc) is 2.58. The summed E-state index contributed by atoms with van der Waals surface area (Å²) < 4.78 is 5.75. The first-order chi connectivity index (χ1) is 12.0. The van der Waals surface area contributed by atoms with Crippen molar-refractivity contribution in [3.05, 3.63) is 29.3 Å². The highest BCUT2D eigenvalue weighted by Crippen LogP contribution is 2.22. The number of rotatable bonds is 8. The highest BCUT2D eigenvalue weighted by molar-refractivity contribution is 6.32. The molecule has 0 bridgehead atoms. The van der Waals surface area contributed by atoms with Gasteiger partial charge in [-0.15, -0.1) is 0 Å². The summed E-state index contributed by atoms with van der Waals surface area (Å²) >= 11 is 6.09. The van der Waals surface area contributed by atoms with E-state index < -0.39 is 0 Å². The molecule has 0 aliphatic carbocycles. The van der Waals surface area contributed by atoms with Crippen molar-refractivity contribution in [2.45, 2.75) is 26.8 Å². The van der Waals surface area contributed by atoms with E-state index in [0.29, 0.717) is 24.1 Å². The molecule has 1 heterocycles. The van der Waals surface area contributed by atoms with E-state index in [9.17, 15) is 4.79 Å². The van der Waals surface area contributed by atoms with Gasteiger partial charge in [0, 0.05) is 38.8 Å². The number of ether oxygens (including phenoxy) is 1. The Hall–Kier alpha value is -1.30. The highest BCUT2D eigenvalue weighted by Gasteiger charge is 2.20. The van der Waals surface area contributed by atoms with Crippen molar-refractivity contribution < 1.29 is 9.53 Å². The van der Waals surface area contributed by atoms with Crippen LogP contribution in [0.5, 0.6) is 5.75 Å². The van der Waals surface area contributed by atoms with Gasteiger partial charge in [-0.25, -0.2) is 0 Å². The summed E-state index contributed by atoms with van der Waals surface area (Å²) in [5, 5.41) is 3.72. The fourth-order valence-corrected chi connectivity index (χ4v) is 2.88. The number of hydrogen-bond acceptors (Lipinski definition) is 4. The topological polar surface area (TPSA) is 44.8 Å². The van der Waals surface area contributed by atoms with Crippen LogP contribution in [0.25, 0.3) is 0 Å². The Morgan fingerprint density at radius 1 is 1.16 bits per heavy atom. The summed E-state index contributed by atoms with van der Waals surface area (Å²) in [6, 6.07) is 7.76. The number of hydrogen-bond donors (Lipinski definition) is 1. The maximum absolute atomic E-state index is 12.1. The summed E-state index contributed by atoms with van der Waals surface area (Å²) in [5.41, 5.74) is 0. The number of benzene rings is 1. The van der Waals surface area contributed by atoms with E-state index in [4.69, 9.17) is 16.3 Å². The fourth-order valence-electron chi connectivity index (χ4n) is 2.69. The summed E-state index contributed by atoms with van der Waals surface area (Å²) in [4.78, 5) is 16.6. The number of nitrogens with zero attached hydrogens (tertiary/aromatic N) is 2. The molecule has 1 saturated heterocycles. The second kappa shape index (κ2) is 10.00. The third-order valence-electron chi connectivity index (χ3n) is 4.72. The Kier molecular flexibility index (Phi) is 8.00. The van der Waals surface area contributed by atoms with Gasteiger partial charge in [-0.1, -0.05) is 37.6 Å². The van der Waals surface area contributed by atoms with Crippen molar-refractivity contribution in [2.75, 3.05) is 45.9 Å². The third-order valence-corrected chi connectivity index (χ3v) is 5.03. The summed E-state index contributed by atoms with van der Waals surface area (Å²) in [6.07, 6.45) is 0. The quantitative estimate of drug-likeness (QED) is 0.766. The Morgan fingerprint density at radius 3 is 2.44 bits per heavy atom. The van der Waals surface area contributed by atoms with Gasteiger partial charge < -0.3 is 10.1 Å². The molecule has 1 aliphatic heterocycles. The van der Waals surface area contributed by atoms with Crippen molar-refractivity contribution in [1.82, 2.24) is 15.1 Å². The first-order valence-corrected chi connectivity index (χ1v) is 9.45. The summed E-state index contributed by atoms with van der Waals surface area (Å²) in [6.45, 7) is 12.0. The van der Waals surface area contributed by atoms with Gasteiger partial charge >= 0.3 is 0 Å². The number of piperazine rings is 1. The predicted octanol–water partition coefficient (Wildman–Crippen LogP) is 2.50. The first-order valence-electron chi connectivity index (χ1n) is 9.07. The van der Waals surface area contributed by atoms with Gasteiger partial charge in [0.25, 0.3) is 0 Å². The van der Waals surface area contributed by atoms with Crippen molar-refractivity contribution in [3.63, 3.8) is 0 Å². The van der Waals surface area contributed by atoms with Gasteiger partial charge in [-0.3, -0.25) is 14.6 Å². The number of halogens is 1. The van der Waals surface area contributed by atoms with Crippen molar-refractivity contribution in [1.29, 1.82) is 0 Å². The molecule has 0 aromatic heterocycles. The zero-order chi connectivity index (χ0) is 18.2. The van der Waals surface area contributed by atoms with Gasteiger partial charge in [-0.2, -0.15) is 0 Å². The van der Waals surface area contributed by atoms with Gasteiger partial charge in [0.2, 0.25) is 5.91 Å². The molecule has 1 aromatic rings. The number of nitrogens with one attached hydrogen (secondary N) is 1. The molecule has 140 valence electrons. The van der Waals surface area contributed by atoms with Crippen molar-refractivity contribution in [3.8, 4) is 5.75 Å². The van der Waals surface area contributed by atoms with Crippen molar-refractivity contribution >= 4 is 17.5 Å². The lowest BCUT2D eigenvalue weighted by molar-refractivity contribution is -0.123. The number of amides is 1. The number of para-hydroxylation sites is 1. The maximum atomic E-state index is 12.1. The van der Waals surface area contributed by atoms with E-state index in [1.54, 1.807) is 0 Å². The molecule has 2 rings (SSSR count). The lowest BCUT2D eigenvalue weighted by Gasteiger charge is -2.34. The molecule has 0 spiro atoms. The fraction of sp³-hybridized carbons (Fsp3) is 0.632. The van der Waals surface area contributed by atoms with Gasteiger partial charge in [0.15, 0.2) is 0 Å². The standard InChI is InChI=1S/C19H30ClN3O2/c1-15(2)16(3)21-19(24)14-23-10-8-22(9-11-23)12-13-25-18-7-5-4-6-17(18)20/h4-7,15-16H,8-14H2,1-3H3,(H,21,24). The minimum Gasteiger partial charge on any atom is -0.491 e. The van der Waals surface area contributed by atoms with Crippen LogP contribution >= 0.6 is 11.6 Å². The van der Waals surface area contributed by atoms with Crippen LogP contribution in [-0.4, -0.2) is 67.6 Å². The second-order valence-corrected chi connectivity index (χ2v) is 7.40. The minimum absolute atomic E-state index is 0.122. The monoisotopic (exact) mass is 367 g/mol. The smallest absolute Gasteiger partial charge is 0.234 e.